The number of esters is 1. The number of carbonyl (C=O) groups is 1. The van der Waals surface area contributed by atoms with Crippen LogP contribution in [0.3, 0.4) is 0 Å². The molecule has 14 heteroatoms. The Morgan fingerprint density at radius 3 is 2.34 bits per heavy atom. The van der Waals surface area contributed by atoms with Crippen LogP contribution in [-0.4, -0.2) is 52.1 Å². The van der Waals surface area contributed by atoms with Gasteiger partial charge in [-0.25, -0.2) is 30.4 Å². The third-order valence-corrected chi connectivity index (χ3v) is 8.24. The maximum absolute atomic E-state index is 15.1. The molecule has 9 nitrogen and oxygen atoms in total. The molecule has 0 radical (unpaired) electrons. The predicted molar refractivity (Wildman–Crippen MR) is 139 cm³/mol. The summed E-state index contributed by atoms with van der Waals surface area (Å²) in [5.41, 5.74) is 2.49. The molecular weight excluding hydrogens is 549 g/mol. The van der Waals surface area contributed by atoms with Crippen molar-refractivity contribution in [3.05, 3.63) is 47.3 Å². The van der Waals surface area contributed by atoms with Gasteiger partial charge < -0.3 is 15.2 Å². The number of rotatable bonds is 12. The van der Waals surface area contributed by atoms with Gasteiger partial charge in [-0.2, -0.15) is 0 Å². The number of halogens is 3. The van der Waals surface area contributed by atoms with Crippen LogP contribution in [0.5, 0.6) is 11.5 Å². The molecule has 0 aromatic heterocycles. The van der Waals surface area contributed by atoms with Gasteiger partial charge in [-0.3, -0.25) is 9.11 Å². The Bertz CT molecular complexity index is 1380. The summed E-state index contributed by atoms with van der Waals surface area (Å²) in [4.78, 5) is 12.6. The lowest BCUT2D eigenvalue weighted by Gasteiger charge is -2.21. The SMILES string of the molecule is Cc1c(Oc2cccc(NS(=O)(=O)CCC(F)S(=O)(=O)CCCF)c2F)ccc(N)c1C(=O)OC(C)(C)C. The summed E-state index contributed by atoms with van der Waals surface area (Å²) in [7, 11) is -8.70. The highest BCUT2D eigenvalue weighted by Gasteiger charge is 2.28. The minimum absolute atomic E-state index is 0.0249. The van der Waals surface area contributed by atoms with Crippen LogP contribution >= 0.6 is 0 Å². The molecule has 1 unspecified atom stereocenters. The molecule has 0 saturated heterocycles. The molecular formula is C24H31F3N2O7S2. The number of carbonyl (C=O) groups excluding carboxylic acids is 1. The zero-order valence-corrected chi connectivity index (χ0v) is 23.0. The smallest absolute Gasteiger partial charge is 0.341 e. The van der Waals surface area contributed by atoms with Gasteiger partial charge in [0.25, 0.3) is 0 Å². The number of hydrogen-bond donors (Lipinski definition) is 2. The molecule has 0 heterocycles. The van der Waals surface area contributed by atoms with Gasteiger partial charge in [-0.15, -0.1) is 0 Å². The molecule has 0 bridgehead atoms. The summed E-state index contributed by atoms with van der Waals surface area (Å²) in [5, 5.41) is 0. The van der Waals surface area contributed by atoms with Crippen molar-refractivity contribution in [1.29, 1.82) is 0 Å². The van der Waals surface area contributed by atoms with Crippen molar-refractivity contribution in [1.82, 2.24) is 0 Å². The monoisotopic (exact) mass is 580 g/mol. The topological polar surface area (TPSA) is 142 Å². The Kier molecular flexibility index (Phi) is 10.1. The second kappa shape index (κ2) is 12.2. The van der Waals surface area contributed by atoms with Crippen LogP contribution in [0.25, 0.3) is 0 Å². The molecule has 0 spiro atoms. The molecule has 0 amide bonds. The van der Waals surface area contributed by atoms with E-state index in [1.807, 2.05) is 4.72 Å². The highest BCUT2D eigenvalue weighted by molar-refractivity contribution is 7.93. The zero-order valence-electron chi connectivity index (χ0n) is 21.4. The Morgan fingerprint density at radius 2 is 1.74 bits per heavy atom. The van der Waals surface area contributed by atoms with Gasteiger partial charge in [0.1, 0.15) is 11.4 Å². The van der Waals surface area contributed by atoms with Crippen molar-refractivity contribution in [3.8, 4) is 11.5 Å². The molecule has 38 heavy (non-hydrogen) atoms. The Labute approximate surface area is 220 Å². The van der Waals surface area contributed by atoms with Crippen molar-refractivity contribution in [2.24, 2.45) is 0 Å². The number of alkyl halides is 2. The number of ether oxygens (including phenoxy) is 2. The van der Waals surface area contributed by atoms with E-state index in [0.717, 1.165) is 6.07 Å². The first-order chi connectivity index (χ1) is 17.5. The number of nitrogens with one attached hydrogen (secondary N) is 1. The van der Waals surface area contributed by atoms with E-state index in [1.54, 1.807) is 20.8 Å². The fourth-order valence-electron chi connectivity index (χ4n) is 3.24. The number of hydrogen-bond acceptors (Lipinski definition) is 8. The first kappa shape index (κ1) is 31.2. The zero-order chi connectivity index (χ0) is 28.9. The van der Waals surface area contributed by atoms with Crippen LogP contribution in [0.2, 0.25) is 0 Å². The van der Waals surface area contributed by atoms with Gasteiger partial charge in [-0.05, 0) is 58.4 Å². The molecule has 0 aliphatic heterocycles. The number of nitrogens with two attached hydrogens (primary N) is 1. The Balaban J connectivity index is 2.23. The number of sulfone groups is 1. The van der Waals surface area contributed by atoms with Crippen LogP contribution in [0, 0.1) is 12.7 Å². The highest BCUT2D eigenvalue weighted by atomic mass is 32.2. The highest BCUT2D eigenvalue weighted by Crippen LogP contribution is 2.34. The van der Waals surface area contributed by atoms with Gasteiger partial charge in [0.05, 0.1) is 29.4 Å². The van der Waals surface area contributed by atoms with E-state index in [2.05, 4.69) is 0 Å². The van der Waals surface area contributed by atoms with Gasteiger partial charge in [-0.1, -0.05) is 6.07 Å². The standard InChI is InChI=1S/C24H31F3N2O7S2/c1-15-18(10-9-16(28)21(15)23(30)36-24(2,3)4)35-19-8-5-7-17(22(19)27)29-38(33,34)14-11-20(26)37(31,32)13-6-12-25/h5,7-10,20,29H,6,11-14,28H2,1-4H3. The third-order valence-electron chi connectivity index (χ3n) is 5.06. The maximum atomic E-state index is 15.1. The second-order valence-corrected chi connectivity index (χ2v) is 13.5. The lowest BCUT2D eigenvalue weighted by Crippen LogP contribution is -2.25. The first-order valence-electron chi connectivity index (χ1n) is 11.5. The summed E-state index contributed by atoms with van der Waals surface area (Å²) in [6, 6.07) is 6.37. The van der Waals surface area contributed by atoms with E-state index >= 15 is 4.39 Å². The molecule has 0 fully saturated rings. The van der Waals surface area contributed by atoms with Crippen LogP contribution in [0.4, 0.5) is 24.5 Å². The quantitative estimate of drug-likeness (QED) is 0.273. The van der Waals surface area contributed by atoms with E-state index in [9.17, 15) is 30.4 Å². The Hall–Kier alpha value is -3.00. The number of anilines is 2. The normalized spacial score (nSPS) is 13.1. The first-order valence-corrected chi connectivity index (χ1v) is 14.8. The van der Waals surface area contributed by atoms with Crippen molar-refractivity contribution in [2.45, 2.75) is 51.6 Å². The summed E-state index contributed by atoms with van der Waals surface area (Å²) in [6.45, 7) is 5.60. The molecule has 2 aromatic carbocycles. The average Bonchev–Trinajstić information content (AvgIpc) is 2.79. The van der Waals surface area contributed by atoms with Crippen LogP contribution in [0.1, 0.15) is 49.5 Å². The summed E-state index contributed by atoms with van der Waals surface area (Å²) >= 11 is 0. The van der Waals surface area contributed by atoms with E-state index < -0.39 is 85.2 Å². The van der Waals surface area contributed by atoms with E-state index in [1.165, 1.54) is 31.2 Å². The lowest BCUT2D eigenvalue weighted by atomic mass is 10.0. The number of nitrogen functional groups attached to an aromatic ring is 1. The predicted octanol–water partition coefficient (Wildman–Crippen LogP) is 4.67. The minimum Gasteiger partial charge on any atom is -0.456 e. The molecule has 1 atom stereocenters. The molecule has 2 aromatic rings. The second-order valence-electron chi connectivity index (χ2n) is 9.40. The molecule has 0 aliphatic carbocycles. The fourth-order valence-corrected chi connectivity index (χ4v) is 5.75. The molecule has 2 rings (SSSR count). The van der Waals surface area contributed by atoms with Gasteiger partial charge in [0.2, 0.25) is 15.5 Å². The summed E-state index contributed by atoms with van der Waals surface area (Å²) in [6.07, 6.45) is -1.32. The van der Waals surface area contributed by atoms with Gasteiger partial charge in [0.15, 0.2) is 21.4 Å². The van der Waals surface area contributed by atoms with Crippen molar-refractivity contribution >= 4 is 37.2 Å². The molecule has 3 N–H and O–H groups in total. The summed E-state index contributed by atoms with van der Waals surface area (Å²) in [5.74, 6) is -3.89. The summed E-state index contributed by atoms with van der Waals surface area (Å²) < 4.78 is 103. The fraction of sp³-hybridized carbons (Fsp3) is 0.458. The van der Waals surface area contributed by atoms with E-state index in [-0.39, 0.29) is 22.6 Å². The van der Waals surface area contributed by atoms with Crippen molar-refractivity contribution in [3.63, 3.8) is 0 Å². The Morgan fingerprint density at radius 1 is 1.08 bits per heavy atom. The van der Waals surface area contributed by atoms with E-state index in [0.29, 0.717) is 0 Å². The van der Waals surface area contributed by atoms with Crippen molar-refractivity contribution in [2.75, 3.05) is 28.6 Å². The molecule has 0 aliphatic rings. The minimum atomic E-state index is -4.37. The van der Waals surface area contributed by atoms with Crippen LogP contribution < -0.4 is 15.2 Å². The number of sulfonamides is 1. The third kappa shape index (κ3) is 8.51. The maximum Gasteiger partial charge on any atom is 0.341 e. The molecule has 0 saturated carbocycles. The van der Waals surface area contributed by atoms with Gasteiger partial charge >= 0.3 is 5.97 Å². The van der Waals surface area contributed by atoms with Crippen LogP contribution in [0.15, 0.2) is 30.3 Å². The largest absolute Gasteiger partial charge is 0.456 e. The van der Waals surface area contributed by atoms with Crippen LogP contribution in [-0.2, 0) is 24.6 Å². The van der Waals surface area contributed by atoms with E-state index in [4.69, 9.17) is 15.2 Å². The molecule has 212 valence electrons. The lowest BCUT2D eigenvalue weighted by molar-refractivity contribution is 0.00696. The average molecular weight is 581 g/mol. The van der Waals surface area contributed by atoms with Crippen molar-refractivity contribution < 1.29 is 44.3 Å². The number of benzene rings is 2. The van der Waals surface area contributed by atoms with Gasteiger partial charge in [0, 0.05) is 17.7 Å².